The molecule has 1 N–H and O–H groups in total. The van der Waals surface area contributed by atoms with Crippen LogP contribution in [-0.2, 0) is 6.42 Å². The molecule has 2 aromatic carbocycles. The molecule has 174 valence electrons. The first-order valence-electron chi connectivity index (χ1n) is 11.4. The first kappa shape index (κ1) is 23.3. The van der Waals surface area contributed by atoms with Gasteiger partial charge in [-0.3, -0.25) is 0 Å². The molecule has 0 aliphatic carbocycles. The Hall–Kier alpha value is -2.83. The number of anilines is 3. The van der Waals surface area contributed by atoms with E-state index in [0.717, 1.165) is 48.7 Å². The van der Waals surface area contributed by atoms with Crippen molar-refractivity contribution in [3.63, 3.8) is 0 Å². The first-order valence-corrected chi connectivity index (χ1v) is 11.8. The van der Waals surface area contributed by atoms with E-state index in [1.807, 2.05) is 24.4 Å². The van der Waals surface area contributed by atoms with Crippen molar-refractivity contribution in [3.05, 3.63) is 70.5 Å². The normalized spacial score (nSPS) is 14.5. The van der Waals surface area contributed by atoms with E-state index in [4.69, 9.17) is 21.3 Å². The van der Waals surface area contributed by atoms with Gasteiger partial charge in [-0.1, -0.05) is 31.5 Å². The molecule has 0 spiro atoms. The van der Waals surface area contributed by atoms with E-state index in [2.05, 4.69) is 65.3 Å². The third kappa shape index (κ3) is 5.75. The summed E-state index contributed by atoms with van der Waals surface area (Å²) in [6, 6.07) is 14.4. The molecule has 4 rings (SSSR count). The van der Waals surface area contributed by atoms with Gasteiger partial charge in [0, 0.05) is 50.2 Å². The summed E-state index contributed by atoms with van der Waals surface area (Å²) in [4.78, 5) is 14.2. The fourth-order valence-electron chi connectivity index (χ4n) is 4.07. The van der Waals surface area contributed by atoms with Crippen LogP contribution in [0.3, 0.4) is 0 Å². The summed E-state index contributed by atoms with van der Waals surface area (Å²) < 4.78 is 5.38. The summed E-state index contributed by atoms with van der Waals surface area (Å²) in [5.41, 5.74) is 5.46. The number of rotatable bonds is 7. The van der Waals surface area contributed by atoms with Crippen LogP contribution in [0.25, 0.3) is 0 Å². The SMILES string of the molecule is COc1cc(Cc2nc(Nc3ccc(N4CCN(C)CC4)cc3)ncc2C(C)C)ccc1Cl. The van der Waals surface area contributed by atoms with E-state index in [-0.39, 0.29) is 0 Å². The van der Waals surface area contributed by atoms with E-state index in [9.17, 15) is 0 Å². The Morgan fingerprint density at radius 2 is 1.79 bits per heavy atom. The quantitative estimate of drug-likeness (QED) is 0.507. The number of nitrogens with one attached hydrogen (secondary N) is 1. The maximum atomic E-state index is 6.20. The number of nitrogens with zero attached hydrogens (tertiary/aromatic N) is 4. The van der Waals surface area contributed by atoms with Crippen LogP contribution in [0.15, 0.2) is 48.7 Å². The van der Waals surface area contributed by atoms with Gasteiger partial charge >= 0.3 is 0 Å². The molecule has 1 aliphatic rings. The first-order chi connectivity index (χ1) is 15.9. The van der Waals surface area contributed by atoms with Crippen molar-refractivity contribution in [1.29, 1.82) is 0 Å². The lowest BCUT2D eigenvalue weighted by atomic mass is 9.99. The number of aromatic nitrogens is 2. The third-order valence-electron chi connectivity index (χ3n) is 6.10. The van der Waals surface area contributed by atoms with Gasteiger partial charge in [0.05, 0.1) is 17.8 Å². The molecule has 3 aromatic rings. The molecular formula is C26H32ClN5O. The molecule has 0 radical (unpaired) electrons. The van der Waals surface area contributed by atoms with Gasteiger partial charge in [0.15, 0.2) is 0 Å². The van der Waals surface area contributed by atoms with Crippen LogP contribution in [-0.4, -0.2) is 55.2 Å². The molecule has 33 heavy (non-hydrogen) atoms. The minimum atomic E-state index is 0.325. The minimum absolute atomic E-state index is 0.325. The zero-order chi connectivity index (χ0) is 23.4. The Kier molecular flexibility index (Phi) is 7.36. The molecule has 0 amide bonds. The van der Waals surface area contributed by atoms with Gasteiger partial charge in [-0.05, 0) is 60.5 Å². The van der Waals surface area contributed by atoms with E-state index in [0.29, 0.717) is 29.1 Å². The summed E-state index contributed by atoms with van der Waals surface area (Å²) in [6.07, 6.45) is 2.61. The highest BCUT2D eigenvalue weighted by molar-refractivity contribution is 6.32. The van der Waals surface area contributed by atoms with Crippen LogP contribution in [0.5, 0.6) is 5.75 Å². The smallest absolute Gasteiger partial charge is 0.227 e. The minimum Gasteiger partial charge on any atom is -0.495 e. The van der Waals surface area contributed by atoms with Gasteiger partial charge < -0.3 is 19.9 Å². The molecule has 1 aliphatic heterocycles. The monoisotopic (exact) mass is 465 g/mol. The molecule has 0 bridgehead atoms. The second kappa shape index (κ2) is 10.4. The Bertz CT molecular complexity index is 1080. The van der Waals surface area contributed by atoms with Crippen molar-refractivity contribution in [2.75, 3.05) is 50.6 Å². The van der Waals surface area contributed by atoms with Crippen molar-refractivity contribution in [3.8, 4) is 5.75 Å². The Morgan fingerprint density at radius 3 is 2.45 bits per heavy atom. The van der Waals surface area contributed by atoms with Crippen molar-refractivity contribution in [1.82, 2.24) is 14.9 Å². The van der Waals surface area contributed by atoms with Crippen LogP contribution in [0.1, 0.15) is 36.6 Å². The van der Waals surface area contributed by atoms with Crippen LogP contribution < -0.4 is 15.0 Å². The number of piperazine rings is 1. The van der Waals surface area contributed by atoms with E-state index in [1.165, 1.54) is 5.69 Å². The fraction of sp³-hybridized carbons (Fsp3) is 0.385. The molecule has 1 saturated heterocycles. The largest absolute Gasteiger partial charge is 0.495 e. The highest BCUT2D eigenvalue weighted by Gasteiger charge is 2.15. The van der Waals surface area contributed by atoms with E-state index < -0.39 is 0 Å². The summed E-state index contributed by atoms with van der Waals surface area (Å²) >= 11 is 6.20. The van der Waals surface area contributed by atoms with Gasteiger partial charge in [-0.25, -0.2) is 9.97 Å². The average molecular weight is 466 g/mol. The summed E-state index contributed by atoms with van der Waals surface area (Å²) in [5.74, 6) is 1.60. The second-order valence-electron chi connectivity index (χ2n) is 8.86. The van der Waals surface area contributed by atoms with Gasteiger partial charge in [0.1, 0.15) is 5.75 Å². The van der Waals surface area contributed by atoms with Crippen molar-refractivity contribution >= 4 is 28.9 Å². The lowest BCUT2D eigenvalue weighted by molar-refractivity contribution is 0.313. The summed E-state index contributed by atoms with van der Waals surface area (Å²) in [7, 11) is 3.80. The third-order valence-corrected chi connectivity index (χ3v) is 6.41. The lowest BCUT2D eigenvalue weighted by Gasteiger charge is -2.34. The number of benzene rings is 2. The zero-order valence-corrected chi connectivity index (χ0v) is 20.6. The molecule has 1 fully saturated rings. The molecule has 2 heterocycles. The van der Waals surface area contributed by atoms with Crippen LogP contribution in [0.4, 0.5) is 17.3 Å². The van der Waals surface area contributed by atoms with Gasteiger partial charge in [-0.15, -0.1) is 0 Å². The molecule has 0 saturated carbocycles. The van der Waals surface area contributed by atoms with Gasteiger partial charge in [-0.2, -0.15) is 0 Å². The molecule has 0 atom stereocenters. The molecule has 1 aromatic heterocycles. The summed E-state index contributed by atoms with van der Waals surface area (Å²) in [5, 5.41) is 3.98. The summed E-state index contributed by atoms with van der Waals surface area (Å²) in [6.45, 7) is 8.63. The maximum absolute atomic E-state index is 6.20. The highest BCUT2D eigenvalue weighted by atomic mass is 35.5. The van der Waals surface area contributed by atoms with Gasteiger partial charge in [0.2, 0.25) is 5.95 Å². The maximum Gasteiger partial charge on any atom is 0.227 e. The average Bonchev–Trinajstić information content (AvgIpc) is 2.81. The van der Waals surface area contributed by atoms with Crippen LogP contribution >= 0.6 is 11.6 Å². The molecule has 6 nitrogen and oxygen atoms in total. The number of halogens is 1. The topological polar surface area (TPSA) is 53.5 Å². The predicted molar refractivity (Wildman–Crippen MR) is 136 cm³/mol. The number of hydrogen-bond donors (Lipinski definition) is 1. The van der Waals surface area contributed by atoms with E-state index >= 15 is 0 Å². The Labute approximate surface area is 201 Å². The van der Waals surface area contributed by atoms with Crippen LogP contribution in [0, 0.1) is 0 Å². The number of likely N-dealkylation sites (N-methyl/N-ethyl adjacent to an activating group) is 1. The zero-order valence-electron chi connectivity index (χ0n) is 19.8. The van der Waals surface area contributed by atoms with Crippen molar-refractivity contribution in [2.24, 2.45) is 0 Å². The van der Waals surface area contributed by atoms with E-state index in [1.54, 1.807) is 7.11 Å². The molecule has 7 heteroatoms. The predicted octanol–water partition coefficient (Wildman–Crippen LogP) is 5.35. The molecular weight excluding hydrogens is 434 g/mol. The number of hydrogen-bond acceptors (Lipinski definition) is 6. The fourth-order valence-corrected chi connectivity index (χ4v) is 4.26. The van der Waals surface area contributed by atoms with Crippen LogP contribution in [0.2, 0.25) is 5.02 Å². The van der Waals surface area contributed by atoms with Crippen molar-refractivity contribution < 1.29 is 4.74 Å². The lowest BCUT2D eigenvalue weighted by Crippen LogP contribution is -2.44. The Morgan fingerprint density at radius 1 is 1.06 bits per heavy atom. The molecule has 0 unspecified atom stereocenters. The van der Waals surface area contributed by atoms with Crippen molar-refractivity contribution in [2.45, 2.75) is 26.2 Å². The standard InChI is InChI=1S/C26H32ClN5O/c1-18(2)22-17-28-26(30-24(22)15-19-5-10-23(27)25(16-19)33-4)29-20-6-8-21(9-7-20)32-13-11-31(3)12-14-32/h5-10,16-18H,11-15H2,1-4H3,(H,28,29,30). The second-order valence-corrected chi connectivity index (χ2v) is 9.27. The number of methoxy groups -OCH3 is 1. The highest BCUT2D eigenvalue weighted by Crippen LogP contribution is 2.28. The Balaban J connectivity index is 1.51. The number of ether oxygens (including phenoxy) is 1. The van der Waals surface area contributed by atoms with Gasteiger partial charge in [0.25, 0.3) is 0 Å².